The summed E-state index contributed by atoms with van der Waals surface area (Å²) < 4.78 is 0. The third-order valence-corrected chi connectivity index (χ3v) is 3.85. The second kappa shape index (κ2) is 6.68. The predicted molar refractivity (Wildman–Crippen MR) is 87.9 cm³/mol. The van der Waals surface area contributed by atoms with Gasteiger partial charge in [-0.25, -0.2) is 0 Å². The highest BCUT2D eigenvalue weighted by atomic mass is 15.3. The molecule has 0 atom stereocenters. The molecule has 0 aliphatic rings. The van der Waals surface area contributed by atoms with E-state index in [0.717, 1.165) is 35.6 Å². The molecule has 0 radical (unpaired) electrons. The molecule has 0 saturated carbocycles. The number of nitrogens with two attached hydrogens (primary N) is 1. The summed E-state index contributed by atoms with van der Waals surface area (Å²) in [4.78, 5) is 2.07. The minimum atomic E-state index is 0.483. The van der Waals surface area contributed by atoms with Crippen molar-refractivity contribution in [3.63, 3.8) is 0 Å². The van der Waals surface area contributed by atoms with Gasteiger partial charge in [0.25, 0.3) is 0 Å². The summed E-state index contributed by atoms with van der Waals surface area (Å²) in [5.41, 5.74) is 11.7. The molecule has 0 bridgehead atoms. The Labute approximate surface area is 127 Å². The van der Waals surface area contributed by atoms with Gasteiger partial charge in [-0.3, -0.25) is 0 Å². The van der Waals surface area contributed by atoms with Gasteiger partial charge in [-0.05, 0) is 43.0 Å². The molecule has 1 aromatic heterocycles. The van der Waals surface area contributed by atoms with Crippen LogP contribution in [0, 0.1) is 6.92 Å². The lowest BCUT2D eigenvalue weighted by Crippen LogP contribution is -2.19. The number of aromatic nitrogens is 2. The number of hydrogen-bond donors (Lipinski definition) is 1. The molecule has 0 amide bonds. The molecule has 4 nitrogen and oxygen atoms in total. The molecule has 0 spiro atoms. The molecule has 1 heterocycles. The molecule has 2 aromatic rings. The van der Waals surface area contributed by atoms with E-state index in [4.69, 9.17) is 5.73 Å². The van der Waals surface area contributed by atoms with E-state index >= 15 is 0 Å². The second-order valence-corrected chi connectivity index (χ2v) is 5.24. The molecule has 4 heteroatoms. The quantitative estimate of drug-likeness (QED) is 0.916. The summed E-state index contributed by atoms with van der Waals surface area (Å²) in [7, 11) is 2.02. The molecule has 2 rings (SSSR count). The first-order valence-corrected chi connectivity index (χ1v) is 7.50. The summed E-state index contributed by atoms with van der Waals surface area (Å²) in [6.07, 6.45) is 1.82. The molecule has 0 saturated heterocycles. The lowest BCUT2D eigenvalue weighted by Gasteiger charge is -2.23. The molecule has 2 N–H and O–H groups in total. The van der Waals surface area contributed by atoms with Gasteiger partial charge in [0.2, 0.25) is 0 Å². The SMILES string of the molecule is CCc1nnc(N(C)c2cccc(C)c2)c(CN)c1CC. The Morgan fingerprint density at radius 1 is 1.10 bits per heavy atom. The van der Waals surface area contributed by atoms with Crippen LogP contribution >= 0.6 is 0 Å². The van der Waals surface area contributed by atoms with Gasteiger partial charge in [0.1, 0.15) is 0 Å². The standard InChI is InChI=1S/C17H24N4/c1-5-14-15(11-18)17(20-19-16(14)6-2)21(4)13-9-7-8-12(3)10-13/h7-10H,5-6,11,18H2,1-4H3. The number of nitrogens with zero attached hydrogens (tertiary/aromatic N) is 3. The Kier molecular flexibility index (Phi) is 4.91. The average molecular weight is 284 g/mol. The third kappa shape index (κ3) is 3.05. The van der Waals surface area contributed by atoms with Gasteiger partial charge in [0.15, 0.2) is 5.82 Å². The summed E-state index contributed by atoms with van der Waals surface area (Å²) in [5, 5.41) is 8.83. The van der Waals surface area contributed by atoms with Crippen molar-refractivity contribution in [2.24, 2.45) is 5.73 Å². The van der Waals surface area contributed by atoms with Crippen LogP contribution < -0.4 is 10.6 Å². The van der Waals surface area contributed by atoms with Crippen LogP contribution in [0.15, 0.2) is 24.3 Å². The van der Waals surface area contributed by atoms with Crippen LogP contribution in [0.4, 0.5) is 11.5 Å². The smallest absolute Gasteiger partial charge is 0.160 e. The zero-order valence-electron chi connectivity index (χ0n) is 13.3. The van der Waals surface area contributed by atoms with Crippen molar-refractivity contribution in [1.29, 1.82) is 0 Å². The highest BCUT2D eigenvalue weighted by Gasteiger charge is 2.17. The largest absolute Gasteiger partial charge is 0.328 e. The molecule has 0 aliphatic heterocycles. The van der Waals surface area contributed by atoms with Crippen LogP contribution in [0.5, 0.6) is 0 Å². The summed E-state index contributed by atoms with van der Waals surface area (Å²) in [5.74, 6) is 0.858. The Balaban J connectivity index is 2.53. The van der Waals surface area contributed by atoms with E-state index < -0.39 is 0 Å². The van der Waals surface area contributed by atoms with Gasteiger partial charge in [0, 0.05) is 24.8 Å². The minimum Gasteiger partial charge on any atom is -0.328 e. The first kappa shape index (κ1) is 15.4. The topological polar surface area (TPSA) is 55.0 Å². The molecule has 0 unspecified atom stereocenters. The van der Waals surface area contributed by atoms with Crippen LogP contribution in [0.25, 0.3) is 0 Å². The highest BCUT2D eigenvalue weighted by Crippen LogP contribution is 2.28. The van der Waals surface area contributed by atoms with E-state index in [0.29, 0.717) is 6.54 Å². The van der Waals surface area contributed by atoms with E-state index in [1.807, 2.05) is 7.05 Å². The normalized spacial score (nSPS) is 10.7. The molecule has 0 fully saturated rings. The number of benzene rings is 1. The van der Waals surface area contributed by atoms with Crippen molar-refractivity contribution in [2.45, 2.75) is 40.2 Å². The van der Waals surface area contributed by atoms with Gasteiger partial charge in [-0.1, -0.05) is 26.0 Å². The van der Waals surface area contributed by atoms with E-state index in [2.05, 4.69) is 60.1 Å². The molecule has 21 heavy (non-hydrogen) atoms. The second-order valence-electron chi connectivity index (χ2n) is 5.24. The lowest BCUT2D eigenvalue weighted by atomic mass is 10.0. The van der Waals surface area contributed by atoms with Crippen molar-refractivity contribution >= 4 is 11.5 Å². The van der Waals surface area contributed by atoms with Gasteiger partial charge < -0.3 is 10.6 Å². The van der Waals surface area contributed by atoms with Crippen LogP contribution in [-0.2, 0) is 19.4 Å². The molecular formula is C17H24N4. The van der Waals surface area contributed by atoms with Crippen LogP contribution in [0.2, 0.25) is 0 Å². The van der Waals surface area contributed by atoms with Crippen LogP contribution in [0.3, 0.4) is 0 Å². The monoisotopic (exact) mass is 284 g/mol. The number of anilines is 2. The first-order chi connectivity index (χ1) is 10.1. The predicted octanol–water partition coefficient (Wildman–Crippen LogP) is 3.14. The van der Waals surface area contributed by atoms with E-state index in [9.17, 15) is 0 Å². The van der Waals surface area contributed by atoms with Gasteiger partial charge in [-0.2, -0.15) is 5.10 Å². The summed E-state index contributed by atoms with van der Waals surface area (Å²) in [6.45, 7) is 6.82. The highest BCUT2D eigenvalue weighted by molar-refractivity contribution is 5.64. The zero-order valence-corrected chi connectivity index (χ0v) is 13.3. The Hall–Kier alpha value is -1.94. The molecule has 1 aromatic carbocycles. The lowest BCUT2D eigenvalue weighted by molar-refractivity contribution is 0.832. The van der Waals surface area contributed by atoms with Gasteiger partial charge in [-0.15, -0.1) is 5.10 Å². The molecular weight excluding hydrogens is 260 g/mol. The maximum atomic E-state index is 6.00. The van der Waals surface area contributed by atoms with Crippen LogP contribution in [-0.4, -0.2) is 17.2 Å². The Morgan fingerprint density at radius 2 is 1.86 bits per heavy atom. The van der Waals surface area contributed by atoms with Crippen molar-refractivity contribution < 1.29 is 0 Å². The fraction of sp³-hybridized carbons (Fsp3) is 0.412. The van der Waals surface area contributed by atoms with E-state index in [1.54, 1.807) is 0 Å². The minimum absolute atomic E-state index is 0.483. The summed E-state index contributed by atoms with van der Waals surface area (Å²) >= 11 is 0. The van der Waals surface area contributed by atoms with Crippen LogP contribution in [0.1, 0.15) is 36.2 Å². The maximum Gasteiger partial charge on any atom is 0.160 e. The van der Waals surface area contributed by atoms with Gasteiger partial charge >= 0.3 is 0 Å². The molecule has 0 aliphatic carbocycles. The Morgan fingerprint density at radius 3 is 2.43 bits per heavy atom. The average Bonchev–Trinajstić information content (AvgIpc) is 2.52. The van der Waals surface area contributed by atoms with Gasteiger partial charge in [0.05, 0.1) is 5.69 Å². The zero-order chi connectivity index (χ0) is 15.4. The third-order valence-electron chi connectivity index (χ3n) is 3.85. The fourth-order valence-electron chi connectivity index (χ4n) is 2.68. The van der Waals surface area contributed by atoms with E-state index in [1.165, 1.54) is 11.1 Å². The van der Waals surface area contributed by atoms with Crippen molar-refractivity contribution in [3.05, 3.63) is 46.6 Å². The summed E-state index contributed by atoms with van der Waals surface area (Å²) in [6, 6.07) is 8.36. The number of hydrogen-bond acceptors (Lipinski definition) is 4. The molecule has 112 valence electrons. The Bertz CT molecular complexity index is 622. The van der Waals surface area contributed by atoms with Crippen molar-refractivity contribution in [2.75, 3.05) is 11.9 Å². The number of aryl methyl sites for hydroxylation is 2. The fourth-order valence-corrected chi connectivity index (χ4v) is 2.68. The van der Waals surface area contributed by atoms with Crippen molar-refractivity contribution in [1.82, 2.24) is 10.2 Å². The maximum absolute atomic E-state index is 6.00. The van der Waals surface area contributed by atoms with E-state index in [-0.39, 0.29) is 0 Å². The number of rotatable bonds is 5. The van der Waals surface area contributed by atoms with Crippen molar-refractivity contribution in [3.8, 4) is 0 Å². The first-order valence-electron chi connectivity index (χ1n) is 7.50.